The molecule has 0 aliphatic heterocycles. The van der Waals surface area contributed by atoms with Gasteiger partial charge in [-0.25, -0.2) is 0 Å². The molecule has 0 spiro atoms. The van der Waals surface area contributed by atoms with Crippen LogP contribution in [0.3, 0.4) is 0 Å². The Morgan fingerprint density at radius 1 is 0.500 bits per heavy atom. The van der Waals surface area contributed by atoms with Gasteiger partial charge in [0.25, 0.3) is 0 Å². The Bertz CT molecular complexity index is 1230. The predicted molar refractivity (Wildman–Crippen MR) is 116 cm³/mol. The fourth-order valence-corrected chi connectivity index (χ4v) is 3.75. The van der Waals surface area contributed by atoms with E-state index in [0.717, 1.165) is 33.6 Å². The van der Waals surface area contributed by atoms with Gasteiger partial charge in [-0.2, -0.15) is 0 Å². The summed E-state index contributed by atoms with van der Waals surface area (Å²) in [6, 6.07) is 33.4. The number of hydrogen-bond donors (Lipinski definition) is 0. The third kappa shape index (κ3) is 2.85. The van der Waals surface area contributed by atoms with Crippen LogP contribution in [0.15, 0.2) is 109 Å². The first-order chi connectivity index (χ1) is 13.9. The van der Waals surface area contributed by atoms with E-state index in [0.29, 0.717) is 0 Å². The molecule has 5 aromatic rings. The van der Waals surface area contributed by atoms with Gasteiger partial charge in [-0.3, -0.25) is 9.97 Å². The van der Waals surface area contributed by atoms with Crippen molar-refractivity contribution >= 4 is 10.8 Å². The average molecular weight is 358 g/mol. The van der Waals surface area contributed by atoms with Gasteiger partial charge in [0.05, 0.1) is 11.4 Å². The molecule has 2 heteroatoms. The van der Waals surface area contributed by atoms with Crippen LogP contribution in [0.1, 0.15) is 0 Å². The third-order valence-electron chi connectivity index (χ3n) is 4.97. The van der Waals surface area contributed by atoms with Crippen LogP contribution in [0.25, 0.3) is 44.4 Å². The molecule has 5 rings (SSSR count). The average Bonchev–Trinajstić information content (AvgIpc) is 2.79. The lowest BCUT2D eigenvalue weighted by Crippen LogP contribution is -1.95. The van der Waals surface area contributed by atoms with Gasteiger partial charge in [0.15, 0.2) is 0 Å². The van der Waals surface area contributed by atoms with E-state index in [9.17, 15) is 0 Å². The molecule has 2 heterocycles. The molecule has 0 bridgehead atoms. The molecular weight excluding hydrogens is 340 g/mol. The molecule has 2 aromatic heterocycles. The van der Waals surface area contributed by atoms with E-state index in [4.69, 9.17) is 4.98 Å². The van der Waals surface area contributed by atoms with E-state index in [1.807, 2.05) is 42.7 Å². The zero-order valence-corrected chi connectivity index (χ0v) is 15.3. The largest absolute Gasteiger partial charge is 0.256 e. The molecule has 132 valence electrons. The molecule has 0 saturated heterocycles. The Kier molecular flexibility index (Phi) is 4.15. The van der Waals surface area contributed by atoms with Crippen molar-refractivity contribution in [1.29, 1.82) is 0 Å². The summed E-state index contributed by atoms with van der Waals surface area (Å²) in [5, 5.41) is 2.38. The van der Waals surface area contributed by atoms with Crippen LogP contribution in [0.5, 0.6) is 0 Å². The minimum absolute atomic E-state index is 0.962. The Balaban J connectivity index is 1.97. The smallest absolute Gasteiger partial charge is 0.0714 e. The number of benzene rings is 3. The van der Waals surface area contributed by atoms with Crippen LogP contribution in [0, 0.1) is 0 Å². The summed E-state index contributed by atoms with van der Waals surface area (Å²) in [5.74, 6) is 0. The van der Waals surface area contributed by atoms with Crippen molar-refractivity contribution in [3.05, 3.63) is 109 Å². The Hall–Kier alpha value is -3.78. The van der Waals surface area contributed by atoms with Gasteiger partial charge in [-0.15, -0.1) is 0 Å². The monoisotopic (exact) mass is 358 g/mol. The summed E-state index contributed by atoms with van der Waals surface area (Å²) in [6.07, 6.45) is 3.70. The van der Waals surface area contributed by atoms with Crippen LogP contribution in [-0.4, -0.2) is 9.97 Å². The minimum Gasteiger partial charge on any atom is -0.256 e. The van der Waals surface area contributed by atoms with Crippen molar-refractivity contribution in [3.63, 3.8) is 0 Å². The van der Waals surface area contributed by atoms with Crippen molar-refractivity contribution in [2.45, 2.75) is 0 Å². The summed E-state index contributed by atoms with van der Waals surface area (Å²) >= 11 is 0. The van der Waals surface area contributed by atoms with Gasteiger partial charge in [0.2, 0.25) is 0 Å². The molecule has 0 atom stereocenters. The second-order valence-corrected chi connectivity index (χ2v) is 6.69. The number of aromatic nitrogens is 2. The maximum Gasteiger partial charge on any atom is 0.0714 e. The molecule has 0 saturated carbocycles. The summed E-state index contributed by atoms with van der Waals surface area (Å²) in [7, 11) is 0. The lowest BCUT2D eigenvalue weighted by molar-refractivity contribution is 1.32. The Morgan fingerprint density at radius 2 is 1.14 bits per heavy atom. The van der Waals surface area contributed by atoms with Crippen LogP contribution >= 0.6 is 0 Å². The highest BCUT2D eigenvalue weighted by Crippen LogP contribution is 2.43. The summed E-state index contributed by atoms with van der Waals surface area (Å²) in [6.45, 7) is 0. The second kappa shape index (κ2) is 7.09. The molecule has 0 amide bonds. The molecule has 28 heavy (non-hydrogen) atoms. The standard InChI is InChI=1S/C26H18N2/c1-2-10-19(11-3-1)25-22(23-14-6-8-16-27-23)18-20-12-4-5-13-21(20)26(25)24-15-7-9-17-28-24/h1-18H. The SMILES string of the molecule is c1ccc(-c2c(-c3ccccn3)cc3ccccc3c2-c2ccccn2)cc1. The van der Waals surface area contributed by atoms with Crippen LogP contribution in [0.2, 0.25) is 0 Å². The fourth-order valence-electron chi connectivity index (χ4n) is 3.75. The van der Waals surface area contributed by atoms with Crippen LogP contribution in [-0.2, 0) is 0 Å². The summed E-state index contributed by atoms with van der Waals surface area (Å²) in [5.41, 5.74) is 6.52. The van der Waals surface area contributed by atoms with Gasteiger partial charge in [0.1, 0.15) is 0 Å². The van der Waals surface area contributed by atoms with Gasteiger partial charge in [0, 0.05) is 29.1 Å². The molecule has 0 fully saturated rings. The molecule has 0 N–H and O–H groups in total. The topological polar surface area (TPSA) is 25.8 Å². The van der Waals surface area contributed by atoms with Crippen LogP contribution < -0.4 is 0 Å². The highest BCUT2D eigenvalue weighted by Gasteiger charge is 2.18. The van der Waals surface area contributed by atoms with Gasteiger partial charge < -0.3 is 0 Å². The fraction of sp³-hybridized carbons (Fsp3) is 0. The van der Waals surface area contributed by atoms with E-state index in [-0.39, 0.29) is 0 Å². The van der Waals surface area contributed by atoms with E-state index >= 15 is 0 Å². The number of pyridine rings is 2. The first-order valence-corrected chi connectivity index (χ1v) is 9.36. The predicted octanol–water partition coefficient (Wildman–Crippen LogP) is 6.63. The van der Waals surface area contributed by atoms with E-state index in [1.165, 1.54) is 10.8 Å². The number of nitrogens with zero attached hydrogens (tertiary/aromatic N) is 2. The Labute approximate surface area is 164 Å². The molecule has 3 aromatic carbocycles. The van der Waals surface area contributed by atoms with Crippen molar-refractivity contribution in [3.8, 4) is 33.6 Å². The minimum atomic E-state index is 0.962. The lowest BCUT2D eigenvalue weighted by Gasteiger charge is -2.18. The van der Waals surface area contributed by atoms with E-state index in [2.05, 4.69) is 71.7 Å². The number of hydrogen-bond acceptors (Lipinski definition) is 2. The lowest BCUT2D eigenvalue weighted by atomic mass is 9.86. The molecule has 0 unspecified atom stereocenters. The third-order valence-corrected chi connectivity index (χ3v) is 4.97. The van der Waals surface area contributed by atoms with Crippen molar-refractivity contribution in [1.82, 2.24) is 9.97 Å². The number of rotatable bonds is 3. The highest BCUT2D eigenvalue weighted by molar-refractivity contribution is 6.08. The van der Waals surface area contributed by atoms with E-state index < -0.39 is 0 Å². The van der Waals surface area contributed by atoms with Gasteiger partial charge in [-0.05, 0) is 46.7 Å². The first kappa shape index (κ1) is 16.4. The maximum atomic E-state index is 4.70. The maximum absolute atomic E-state index is 4.70. The van der Waals surface area contributed by atoms with Crippen molar-refractivity contribution in [2.24, 2.45) is 0 Å². The zero-order chi connectivity index (χ0) is 18.8. The van der Waals surface area contributed by atoms with Crippen molar-refractivity contribution in [2.75, 3.05) is 0 Å². The quantitative estimate of drug-likeness (QED) is 0.362. The van der Waals surface area contributed by atoms with Crippen molar-refractivity contribution < 1.29 is 0 Å². The highest BCUT2D eigenvalue weighted by atomic mass is 14.7. The van der Waals surface area contributed by atoms with Gasteiger partial charge in [-0.1, -0.05) is 66.7 Å². The molecule has 0 radical (unpaired) electrons. The Morgan fingerprint density at radius 3 is 1.86 bits per heavy atom. The first-order valence-electron chi connectivity index (χ1n) is 9.36. The van der Waals surface area contributed by atoms with Gasteiger partial charge >= 0.3 is 0 Å². The normalized spacial score (nSPS) is 10.9. The summed E-state index contributed by atoms with van der Waals surface area (Å²) in [4.78, 5) is 9.36. The molecular formula is C26H18N2. The number of fused-ring (bicyclic) bond motifs is 1. The summed E-state index contributed by atoms with van der Waals surface area (Å²) < 4.78 is 0. The van der Waals surface area contributed by atoms with Crippen LogP contribution in [0.4, 0.5) is 0 Å². The zero-order valence-electron chi connectivity index (χ0n) is 15.3. The molecule has 0 aliphatic rings. The molecule has 0 aliphatic carbocycles. The second-order valence-electron chi connectivity index (χ2n) is 6.69. The van der Waals surface area contributed by atoms with E-state index in [1.54, 1.807) is 0 Å². The molecule has 2 nitrogen and oxygen atoms in total.